The standard InChI is InChI=1S/C23H33N5O7/c1-8-34-21(30)16(25-20(29)19(13(2)3)26-22(31)35-23(4,5)6)12-18-24-15-11-14(28(32)33)9-10-17(15)27(18)7/h9-11,13,16,19H,8,12H2,1-7H3,(H,25,29)(H,26,31)/t16-,19-/m0/s1. The first-order valence-corrected chi connectivity index (χ1v) is 11.3. The summed E-state index contributed by atoms with van der Waals surface area (Å²) in [4.78, 5) is 53.0. The molecule has 0 spiro atoms. The van der Waals surface area contributed by atoms with Crippen molar-refractivity contribution in [1.29, 1.82) is 0 Å². The minimum atomic E-state index is -1.10. The van der Waals surface area contributed by atoms with Crippen molar-refractivity contribution in [3.8, 4) is 0 Å². The Morgan fingerprint density at radius 2 is 1.86 bits per heavy atom. The number of nitro benzene ring substituents is 1. The van der Waals surface area contributed by atoms with Gasteiger partial charge in [-0.2, -0.15) is 0 Å². The van der Waals surface area contributed by atoms with Gasteiger partial charge < -0.3 is 24.7 Å². The molecule has 0 saturated carbocycles. The van der Waals surface area contributed by atoms with E-state index in [-0.39, 0.29) is 24.6 Å². The molecule has 192 valence electrons. The predicted octanol–water partition coefficient (Wildman–Crippen LogP) is 2.62. The zero-order chi connectivity index (χ0) is 26.5. The SMILES string of the molecule is CCOC(=O)[C@H](Cc1nc2cc([N+](=O)[O-])ccc2n1C)NC(=O)[C@@H](NC(=O)OC(C)(C)C)C(C)C. The van der Waals surface area contributed by atoms with E-state index in [1.807, 2.05) is 0 Å². The Hall–Kier alpha value is -3.70. The van der Waals surface area contributed by atoms with Crippen molar-refractivity contribution in [2.75, 3.05) is 6.61 Å². The van der Waals surface area contributed by atoms with Gasteiger partial charge in [0.1, 0.15) is 23.5 Å². The number of carbonyl (C=O) groups excluding carboxylic acids is 3. The Kier molecular flexibility index (Phi) is 8.77. The third-order valence-electron chi connectivity index (χ3n) is 5.06. The minimum absolute atomic E-state index is 0.0270. The molecule has 2 N–H and O–H groups in total. The lowest BCUT2D eigenvalue weighted by molar-refractivity contribution is -0.384. The number of ether oxygens (including phenoxy) is 2. The summed E-state index contributed by atoms with van der Waals surface area (Å²) in [6.07, 6.45) is -0.781. The van der Waals surface area contributed by atoms with Gasteiger partial charge in [0.25, 0.3) is 5.69 Å². The number of nitrogens with zero attached hydrogens (tertiary/aromatic N) is 3. The average molecular weight is 492 g/mol. The fourth-order valence-electron chi connectivity index (χ4n) is 3.38. The van der Waals surface area contributed by atoms with Gasteiger partial charge in [-0.15, -0.1) is 0 Å². The van der Waals surface area contributed by atoms with E-state index >= 15 is 0 Å². The van der Waals surface area contributed by atoms with Crippen LogP contribution in [0.5, 0.6) is 0 Å². The third-order valence-corrected chi connectivity index (χ3v) is 5.06. The van der Waals surface area contributed by atoms with E-state index in [0.717, 1.165) is 0 Å². The number of esters is 1. The van der Waals surface area contributed by atoms with E-state index in [9.17, 15) is 24.5 Å². The molecule has 2 atom stereocenters. The second kappa shape index (κ2) is 11.2. The number of amides is 2. The van der Waals surface area contributed by atoms with Gasteiger partial charge in [-0.05, 0) is 39.7 Å². The molecule has 0 aliphatic heterocycles. The number of aryl methyl sites for hydroxylation is 1. The van der Waals surface area contributed by atoms with Crippen LogP contribution in [0, 0.1) is 16.0 Å². The van der Waals surface area contributed by atoms with Crippen LogP contribution in [0.25, 0.3) is 11.0 Å². The van der Waals surface area contributed by atoms with Crippen LogP contribution in [0.2, 0.25) is 0 Å². The Labute approximate surface area is 203 Å². The maximum atomic E-state index is 13.1. The highest BCUT2D eigenvalue weighted by molar-refractivity contribution is 5.90. The molecule has 1 aromatic heterocycles. The molecule has 0 fully saturated rings. The lowest BCUT2D eigenvalue weighted by Gasteiger charge is -2.26. The lowest BCUT2D eigenvalue weighted by Crippen LogP contribution is -2.55. The molecule has 1 heterocycles. The summed E-state index contributed by atoms with van der Waals surface area (Å²) in [5.41, 5.74) is 0.166. The van der Waals surface area contributed by atoms with Crippen molar-refractivity contribution < 1.29 is 28.8 Å². The largest absolute Gasteiger partial charge is 0.464 e. The second-order valence-electron chi connectivity index (χ2n) is 9.40. The van der Waals surface area contributed by atoms with Crippen molar-refractivity contribution in [2.24, 2.45) is 13.0 Å². The highest BCUT2D eigenvalue weighted by atomic mass is 16.6. The zero-order valence-corrected chi connectivity index (χ0v) is 21.1. The summed E-state index contributed by atoms with van der Waals surface area (Å²) in [6, 6.07) is 2.21. The van der Waals surface area contributed by atoms with Crippen LogP contribution in [0.1, 0.15) is 47.4 Å². The first-order valence-electron chi connectivity index (χ1n) is 11.3. The maximum absolute atomic E-state index is 13.1. The summed E-state index contributed by atoms with van der Waals surface area (Å²) in [7, 11) is 1.71. The van der Waals surface area contributed by atoms with Crippen molar-refractivity contribution in [3.05, 3.63) is 34.1 Å². The number of aromatic nitrogens is 2. The van der Waals surface area contributed by atoms with Gasteiger partial charge in [0.05, 0.1) is 22.6 Å². The Balaban J connectivity index is 2.29. The van der Waals surface area contributed by atoms with Crippen LogP contribution in [0.4, 0.5) is 10.5 Å². The molecule has 2 amide bonds. The average Bonchev–Trinajstić information content (AvgIpc) is 3.04. The smallest absolute Gasteiger partial charge is 0.408 e. The van der Waals surface area contributed by atoms with Crippen LogP contribution < -0.4 is 10.6 Å². The number of carbonyl (C=O) groups is 3. The van der Waals surface area contributed by atoms with E-state index in [1.54, 1.807) is 59.2 Å². The number of fused-ring (bicyclic) bond motifs is 1. The molecule has 12 nitrogen and oxygen atoms in total. The first-order chi connectivity index (χ1) is 16.2. The number of non-ortho nitro benzene ring substituents is 1. The summed E-state index contributed by atoms with van der Waals surface area (Å²) in [6.45, 7) is 10.4. The molecule has 2 rings (SSSR count). The van der Waals surface area contributed by atoms with Gasteiger partial charge in [0.2, 0.25) is 5.91 Å². The highest BCUT2D eigenvalue weighted by Gasteiger charge is 2.32. The van der Waals surface area contributed by atoms with Crippen LogP contribution in [-0.4, -0.2) is 56.7 Å². The number of nitrogens with one attached hydrogen (secondary N) is 2. The maximum Gasteiger partial charge on any atom is 0.408 e. The number of nitro groups is 1. The van der Waals surface area contributed by atoms with Gasteiger partial charge in [0, 0.05) is 25.6 Å². The summed E-state index contributed by atoms with van der Waals surface area (Å²) in [5.74, 6) is -1.14. The van der Waals surface area contributed by atoms with Crippen molar-refractivity contribution >= 4 is 34.7 Å². The fraction of sp³-hybridized carbons (Fsp3) is 0.565. The summed E-state index contributed by atoms with van der Waals surface area (Å²) < 4.78 is 12.1. The lowest BCUT2D eigenvalue weighted by atomic mass is 10.0. The quantitative estimate of drug-likeness (QED) is 0.308. The molecule has 1 aromatic carbocycles. The number of rotatable bonds is 9. The Bertz CT molecular complexity index is 1100. The number of imidazole rings is 1. The molecule has 0 bridgehead atoms. The summed E-state index contributed by atoms with van der Waals surface area (Å²) >= 11 is 0. The fourth-order valence-corrected chi connectivity index (χ4v) is 3.38. The number of hydrogen-bond acceptors (Lipinski definition) is 8. The molecule has 0 radical (unpaired) electrons. The van der Waals surface area contributed by atoms with E-state index in [2.05, 4.69) is 15.6 Å². The predicted molar refractivity (Wildman–Crippen MR) is 128 cm³/mol. The molecule has 0 aliphatic rings. The van der Waals surface area contributed by atoms with Crippen molar-refractivity contribution in [2.45, 2.75) is 65.6 Å². The minimum Gasteiger partial charge on any atom is -0.464 e. The number of hydrogen-bond donors (Lipinski definition) is 2. The van der Waals surface area contributed by atoms with Gasteiger partial charge in [0.15, 0.2) is 0 Å². The molecule has 0 aliphatic carbocycles. The van der Waals surface area contributed by atoms with Gasteiger partial charge in [-0.3, -0.25) is 14.9 Å². The molecule has 12 heteroatoms. The third kappa shape index (κ3) is 7.39. The topological polar surface area (TPSA) is 155 Å². The van der Waals surface area contributed by atoms with Gasteiger partial charge >= 0.3 is 12.1 Å². The molecule has 2 aromatic rings. The van der Waals surface area contributed by atoms with Gasteiger partial charge in [-0.25, -0.2) is 14.6 Å². The van der Waals surface area contributed by atoms with Crippen LogP contribution >= 0.6 is 0 Å². The second-order valence-corrected chi connectivity index (χ2v) is 9.40. The van der Waals surface area contributed by atoms with Crippen LogP contribution in [0.3, 0.4) is 0 Å². The monoisotopic (exact) mass is 491 g/mol. The van der Waals surface area contributed by atoms with E-state index in [1.165, 1.54) is 12.1 Å². The van der Waals surface area contributed by atoms with Crippen molar-refractivity contribution in [3.63, 3.8) is 0 Å². The van der Waals surface area contributed by atoms with Crippen LogP contribution in [-0.2, 0) is 32.5 Å². The van der Waals surface area contributed by atoms with Gasteiger partial charge in [-0.1, -0.05) is 13.8 Å². The summed E-state index contributed by atoms with van der Waals surface area (Å²) in [5, 5.41) is 16.3. The molecule has 0 saturated heterocycles. The first kappa shape index (κ1) is 27.5. The van der Waals surface area contributed by atoms with E-state index in [0.29, 0.717) is 16.9 Å². The van der Waals surface area contributed by atoms with Crippen LogP contribution in [0.15, 0.2) is 18.2 Å². The number of benzene rings is 1. The zero-order valence-electron chi connectivity index (χ0n) is 21.1. The molecule has 0 unspecified atom stereocenters. The van der Waals surface area contributed by atoms with E-state index in [4.69, 9.17) is 9.47 Å². The molecular formula is C23H33N5O7. The molecular weight excluding hydrogens is 458 g/mol. The Morgan fingerprint density at radius 1 is 1.20 bits per heavy atom. The van der Waals surface area contributed by atoms with E-state index < -0.39 is 40.6 Å². The molecule has 35 heavy (non-hydrogen) atoms. The van der Waals surface area contributed by atoms with Crippen molar-refractivity contribution in [1.82, 2.24) is 20.2 Å². The normalized spacial score (nSPS) is 13.3. The highest BCUT2D eigenvalue weighted by Crippen LogP contribution is 2.22. The Morgan fingerprint density at radius 3 is 2.40 bits per heavy atom. The number of alkyl carbamates (subject to hydrolysis) is 1.